The molecule has 29 heavy (non-hydrogen) atoms. The van der Waals surface area contributed by atoms with E-state index in [1.807, 2.05) is 4.90 Å². The summed E-state index contributed by atoms with van der Waals surface area (Å²) in [6.45, 7) is 8.38. The number of amides is 1. The fourth-order valence-electron chi connectivity index (χ4n) is 3.50. The Morgan fingerprint density at radius 1 is 1.24 bits per heavy atom. The van der Waals surface area contributed by atoms with E-state index in [9.17, 15) is 18.3 Å². The van der Waals surface area contributed by atoms with Gasteiger partial charge in [-0.2, -0.15) is 4.31 Å². The molecule has 1 amide bonds. The third-order valence-electron chi connectivity index (χ3n) is 5.18. The number of carbonyl (C=O) groups is 1. The van der Waals surface area contributed by atoms with Crippen LogP contribution in [0.1, 0.15) is 33.6 Å². The van der Waals surface area contributed by atoms with Crippen molar-refractivity contribution in [3.63, 3.8) is 0 Å². The van der Waals surface area contributed by atoms with Crippen LogP contribution < -0.4 is 10.1 Å². The van der Waals surface area contributed by atoms with E-state index in [0.717, 1.165) is 25.9 Å². The highest BCUT2D eigenvalue weighted by Crippen LogP contribution is 2.30. The van der Waals surface area contributed by atoms with E-state index in [1.54, 1.807) is 32.9 Å². The number of ether oxygens (including phenoxy) is 1. The third-order valence-corrected chi connectivity index (χ3v) is 7.25. The van der Waals surface area contributed by atoms with Crippen LogP contribution in [0.3, 0.4) is 0 Å². The van der Waals surface area contributed by atoms with E-state index in [1.165, 1.54) is 10.4 Å². The number of sulfonamides is 1. The van der Waals surface area contributed by atoms with Crippen molar-refractivity contribution in [2.45, 2.75) is 38.5 Å². The monoisotopic (exact) mass is 427 g/mol. The molecule has 2 N–H and O–H groups in total. The molecular formula is C20H33N3O5S. The van der Waals surface area contributed by atoms with Gasteiger partial charge in [-0.3, -0.25) is 9.69 Å². The Morgan fingerprint density at radius 3 is 2.45 bits per heavy atom. The Hall–Kier alpha value is -1.68. The third kappa shape index (κ3) is 6.15. The lowest BCUT2D eigenvalue weighted by atomic mass is 9.98. The van der Waals surface area contributed by atoms with Crippen LogP contribution in [0.2, 0.25) is 0 Å². The molecule has 1 aliphatic rings. The summed E-state index contributed by atoms with van der Waals surface area (Å²) in [6, 6.07) is 4.71. The first kappa shape index (κ1) is 23.6. The van der Waals surface area contributed by atoms with Crippen molar-refractivity contribution in [2.24, 2.45) is 5.92 Å². The Bertz CT molecular complexity index is 772. The van der Waals surface area contributed by atoms with Crippen molar-refractivity contribution < 1.29 is 23.1 Å². The number of rotatable bonds is 10. The van der Waals surface area contributed by atoms with Crippen LogP contribution in [0, 0.1) is 5.92 Å². The lowest BCUT2D eigenvalue weighted by Crippen LogP contribution is -2.39. The molecule has 8 nitrogen and oxygen atoms in total. The Morgan fingerprint density at radius 2 is 1.90 bits per heavy atom. The molecule has 1 aliphatic heterocycles. The van der Waals surface area contributed by atoms with Gasteiger partial charge in [0.1, 0.15) is 10.6 Å². The fourth-order valence-corrected chi connectivity index (χ4v) is 5.11. The second kappa shape index (κ2) is 10.9. The fraction of sp³-hybridized carbons (Fsp3) is 0.650. The molecule has 0 aliphatic carbocycles. The summed E-state index contributed by atoms with van der Waals surface area (Å²) >= 11 is 0. The molecule has 0 unspecified atom stereocenters. The van der Waals surface area contributed by atoms with Crippen molar-refractivity contribution in [1.82, 2.24) is 9.21 Å². The van der Waals surface area contributed by atoms with Crippen LogP contribution in [0.5, 0.6) is 5.75 Å². The molecule has 1 saturated heterocycles. The zero-order chi connectivity index (χ0) is 21.4. The maximum atomic E-state index is 13.0. The second-order valence-corrected chi connectivity index (χ2v) is 9.04. The van der Waals surface area contributed by atoms with Crippen molar-refractivity contribution in [2.75, 3.05) is 51.3 Å². The highest BCUT2D eigenvalue weighted by atomic mass is 32.2. The van der Waals surface area contributed by atoms with Gasteiger partial charge in [-0.05, 0) is 57.0 Å². The first-order valence-electron chi connectivity index (χ1n) is 10.3. The van der Waals surface area contributed by atoms with E-state index in [2.05, 4.69) is 5.32 Å². The summed E-state index contributed by atoms with van der Waals surface area (Å²) < 4.78 is 32.9. The minimum atomic E-state index is -3.73. The number of nitrogens with zero attached hydrogens (tertiary/aromatic N) is 2. The predicted octanol–water partition coefficient (Wildman–Crippen LogP) is 1.76. The average Bonchev–Trinajstić information content (AvgIpc) is 2.70. The summed E-state index contributed by atoms with van der Waals surface area (Å²) in [7, 11) is -3.73. The summed E-state index contributed by atoms with van der Waals surface area (Å²) in [6.07, 6.45) is 1.75. The molecule has 1 aromatic rings. The number of aliphatic hydroxyl groups is 1. The van der Waals surface area contributed by atoms with Gasteiger partial charge in [-0.15, -0.1) is 0 Å². The molecule has 1 aromatic carbocycles. The first-order chi connectivity index (χ1) is 13.8. The van der Waals surface area contributed by atoms with Gasteiger partial charge < -0.3 is 15.2 Å². The Labute approximate surface area is 173 Å². The standard InChI is InChI=1S/C20H33N3O5S/c1-4-23(5-2)29(26,27)19-13-17(7-8-18(19)28-6-3)21-20(25)14-22-11-9-16(15-24)10-12-22/h7-8,13,16,24H,4-6,9-12,14-15H2,1-3H3,(H,21,25). The van der Waals surface area contributed by atoms with Crippen LogP contribution in [-0.4, -0.2) is 74.6 Å². The van der Waals surface area contributed by atoms with Crippen LogP contribution in [-0.2, 0) is 14.8 Å². The van der Waals surface area contributed by atoms with Gasteiger partial charge in [0.15, 0.2) is 0 Å². The number of hydrogen-bond donors (Lipinski definition) is 2. The number of piperidine rings is 1. The summed E-state index contributed by atoms with van der Waals surface area (Å²) in [4.78, 5) is 14.6. The number of nitrogens with one attached hydrogen (secondary N) is 1. The number of likely N-dealkylation sites (tertiary alicyclic amines) is 1. The molecule has 9 heteroatoms. The van der Waals surface area contributed by atoms with E-state index in [0.29, 0.717) is 31.3 Å². The molecule has 0 atom stereocenters. The lowest BCUT2D eigenvalue weighted by molar-refractivity contribution is -0.117. The molecule has 0 bridgehead atoms. The van der Waals surface area contributed by atoms with E-state index >= 15 is 0 Å². The normalized spacial score (nSPS) is 16.2. The van der Waals surface area contributed by atoms with E-state index in [4.69, 9.17) is 4.74 Å². The Balaban J connectivity index is 2.14. The molecule has 0 aromatic heterocycles. The first-order valence-corrected chi connectivity index (χ1v) is 11.7. The summed E-state index contributed by atoms with van der Waals surface area (Å²) in [5.74, 6) is 0.402. The number of anilines is 1. The van der Waals surface area contributed by atoms with Gasteiger partial charge in [0, 0.05) is 25.4 Å². The van der Waals surface area contributed by atoms with Crippen molar-refractivity contribution >= 4 is 21.6 Å². The zero-order valence-corrected chi connectivity index (χ0v) is 18.4. The zero-order valence-electron chi connectivity index (χ0n) is 17.6. The van der Waals surface area contributed by atoms with E-state index < -0.39 is 10.0 Å². The van der Waals surface area contributed by atoms with Gasteiger partial charge in [0.05, 0.1) is 13.2 Å². The lowest BCUT2D eigenvalue weighted by Gasteiger charge is -2.30. The molecule has 164 valence electrons. The Kier molecular flexibility index (Phi) is 8.88. The molecule has 0 saturated carbocycles. The highest BCUT2D eigenvalue weighted by molar-refractivity contribution is 7.89. The van der Waals surface area contributed by atoms with Gasteiger partial charge in [0.2, 0.25) is 15.9 Å². The maximum Gasteiger partial charge on any atom is 0.246 e. The van der Waals surface area contributed by atoms with Gasteiger partial charge in [0.25, 0.3) is 0 Å². The van der Waals surface area contributed by atoms with Gasteiger partial charge >= 0.3 is 0 Å². The molecule has 1 fully saturated rings. The maximum absolute atomic E-state index is 13.0. The average molecular weight is 428 g/mol. The number of hydrogen-bond acceptors (Lipinski definition) is 6. The summed E-state index contributed by atoms with van der Waals surface area (Å²) in [5.41, 5.74) is 0.425. The van der Waals surface area contributed by atoms with Crippen LogP contribution in [0.4, 0.5) is 5.69 Å². The minimum absolute atomic E-state index is 0.0598. The smallest absolute Gasteiger partial charge is 0.246 e. The quantitative estimate of drug-likeness (QED) is 0.590. The topological polar surface area (TPSA) is 99.2 Å². The number of benzene rings is 1. The van der Waals surface area contributed by atoms with Crippen LogP contribution in [0.25, 0.3) is 0 Å². The highest BCUT2D eigenvalue weighted by Gasteiger charge is 2.27. The van der Waals surface area contributed by atoms with Gasteiger partial charge in [-0.1, -0.05) is 13.8 Å². The number of carbonyl (C=O) groups excluding carboxylic acids is 1. The van der Waals surface area contributed by atoms with Crippen molar-refractivity contribution in [1.29, 1.82) is 0 Å². The largest absolute Gasteiger partial charge is 0.492 e. The molecule has 0 spiro atoms. The van der Waals surface area contributed by atoms with Crippen LogP contribution in [0.15, 0.2) is 23.1 Å². The van der Waals surface area contributed by atoms with E-state index in [-0.39, 0.29) is 29.7 Å². The SMILES string of the molecule is CCOc1ccc(NC(=O)CN2CCC(CO)CC2)cc1S(=O)(=O)N(CC)CC. The molecular weight excluding hydrogens is 394 g/mol. The minimum Gasteiger partial charge on any atom is -0.492 e. The van der Waals surface area contributed by atoms with Crippen LogP contribution >= 0.6 is 0 Å². The van der Waals surface area contributed by atoms with Crippen molar-refractivity contribution in [3.8, 4) is 5.75 Å². The second-order valence-electron chi connectivity index (χ2n) is 7.13. The molecule has 1 heterocycles. The van der Waals surface area contributed by atoms with Gasteiger partial charge in [-0.25, -0.2) is 8.42 Å². The summed E-state index contributed by atoms with van der Waals surface area (Å²) in [5, 5.41) is 12.0. The molecule has 2 rings (SSSR count). The predicted molar refractivity (Wildman–Crippen MR) is 113 cm³/mol. The van der Waals surface area contributed by atoms with Crippen molar-refractivity contribution in [3.05, 3.63) is 18.2 Å². The number of aliphatic hydroxyl groups excluding tert-OH is 1. The molecule has 0 radical (unpaired) electrons.